The van der Waals surface area contributed by atoms with Crippen molar-refractivity contribution < 1.29 is 4.74 Å². The van der Waals surface area contributed by atoms with Gasteiger partial charge in [-0.2, -0.15) is 0 Å². The van der Waals surface area contributed by atoms with Crippen LogP contribution in [-0.4, -0.2) is 34.1 Å². The molecular formula is C29H28N6OS. The second-order valence-corrected chi connectivity index (χ2v) is 10.3. The quantitative estimate of drug-likeness (QED) is 0.224. The number of benzene rings is 3. The highest BCUT2D eigenvalue weighted by Gasteiger charge is 2.19. The number of rotatable bonds is 7. The molecule has 0 radical (unpaired) electrons. The molecule has 1 aliphatic heterocycles. The van der Waals surface area contributed by atoms with Gasteiger partial charge in [0, 0.05) is 40.9 Å². The van der Waals surface area contributed by atoms with E-state index in [0.717, 1.165) is 69.4 Å². The normalized spacial score (nSPS) is 15.4. The molecule has 3 heterocycles. The molecule has 1 saturated heterocycles. The zero-order valence-corrected chi connectivity index (χ0v) is 21.4. The number of hydrogen-bond acceptors (Lipinski definition) is 8. The number of aromatic nitrogens is 3. The van der Waals surface area contributed by atoms with E-state index in [1.165, 1.54) is 0 Å². The van der Waals surface area contributed by atoms with Crippen LogP contribution in [0.2, 0.25) is 0 Å². The van der Waals surface area contributed by atoms with Crippen molar-refractivity contribution in [1.29, 1.82) is 0 Å². The summed E-state index contributed by atoms with van der Waals surface area (Å²) in [5, 5.41) is 13.4. The molecule has 37 heavy (non-hydrogen) atoms. The summed E-state index contributed by atoms with van der Waals surface area (Å²) in [6.45, 7) is 3.97. The van der Waals surface area contributed by atoms with E-state index in [4.69, 9.17) is 14.7 Å². The maximum absolute atomic E-state index is 6.47. The third kappa shape index (κ3) is 5.26. The molecule has 186 valence electrons. The van der Waals surface area contributed by atoms with Gasteiger partial charge >= 0.3 is 0 Å². The largest absolute Gasteiger partial charge is 0.437 e. The van der Waals surface area contributed by atoms with Crippen LogP contribution in [0.3, 0.4) is 0 Å². The van der Waals surface area contributed by atoms with Crippen molar-refractivity contribution in [3.8, 4) is 22.2 Å². The van der Waals surface area contributed by atoms with Crippen LogP contribution in [-0.2, 0) is 0 Å². The maximum atomic E-state index is 6.47. The molecule has 1 aliphatic rings. The summed E-state index contributed by atoms with van der Waals surface area (Å²) in [5.41, 5.74) is 2.86. The van der Waals surface area contributed by atoms with Crippen molar-refractivity contribution in [1.82, 2.24) is 20.3 Å². The number of nitrogens with one attached hydrogen (secondary N) is 3. The van der Waals surface area contributed by atoms with E-state index in [2.05, 4.69) is 51.3 Å². The Labute approximate surface area is 220 Å². The van der Waals surface area contributed by atoms with Crippen LogP contribution >= 0.6 is 11.3 Å². The Kier molecular flexibility index (Phi) is 6.66. The summed E-state index contributed by atoms with van der Waals surface area (Å²) in [6.07, 6.45) is 4.05. The third-order valence-corrected chi connectivity index (χ3v) is 7.34. The average molecular weight is 509 g/mol. The molecule has 0 saturated carbocycles. The van der Waals surface area contributed by atoms with E-state index in [0.29, 0.717) is 17.9 Å². The summed E-state index contributed by atoms with van der Waals surface area (Å²) in [4.78, 5) is 14.9. The topological polar surface area (TPSA) is 84.0 Å². The summed E-state index contributed by atoms with van der Waals surface area (Å²) >= 11 is 1.57. The minimum Gasteiger partial charge on any atom is -0.437 e. The van der Waals surface area contributed by atoms with Gasteiger partial charge in [-0.05, 0) is 56.6 Å². The molecule has 1 fully saturated rings. The molecule has 0 aliphatic carbocycles. The standard InChI is InChI=1S/C29H28N6OS/c1-19-32-28(27(37-19)25-15-17-31-29(35-25)34-21-10-7-16-30-18-21)36-26-14-13-24(22-11-5-6-12-23(22)26)33-20-8-3-2-4-9-20/h2-6,8-9,11-15,17,21,30,33H,7,10,16,18H2,1H3,(H,31,34,35)/t21-/m0/s1. The van der Waals surface area contributed by atoms with Crippen LogP contribution in [0, 0.1) is 6.92 Å². The molecule has 1 atom stereocenters. The number of thiazole rings is 1. The highest BCUT2D eigenvalue weighted by Crippen LogP contribution is 2.40. The molecule has 6 rings (SSSR count). The summed E-state index contributed by atoms with van der Waals surface area (Å²) < 4.78 is 6.47. The summed E-state index contributed by atoms with van der Waals surface area (Å²) in [7, 11) is 0. The number of fused-ring (bicyclic) bond motifs is 1. The van der Waals surface area contributed by atoms with Crippen LogP contribution in [0.5, 0.6) is 11.6 Å². The minimum absolute atomic E-state index is 0.331. The number of nitrogens with zero attached hydrogens (tertiary/aromatic N) is 3. The Hall–Kier alpha value is -4.01. The van der Waals surface area contributed by atoms with E-state index < -0.39 is 0 Å². The summed E-state index contributed by atoms with van der Waals surface area (Å²) in [6, 6.07) is 24.7. The number of anilines is 3. The number of piperidine rings is 1. The SMILES string of the molecule is Cc1nc(Oc2ccc(Nc3ccccc3)c3ccccc23)c(-c2ccnc(N[C@H]3CCCNC3)n2)s1. The van der Waals surface area contributed by atoms with Gasteiger partial charge in [0.15, 0.2) is 0 Å². The van der Waals surface area contributed by atoms with Crippen LogP contribution in [0.15, 0.2) is 79.0 Å². The van der Waals surface area contributed by atoms with Gasteiger partial charge in [0.1, 0.15) is 10.6 Å². The zero-order chi connectivity index (χ0) is 25.0. The van der Waals surface area contributed by atoms with Crippen molar-refractivity contribution in [2.45, 2.75) is 25.8 Å². The van der Waals surface area contributed by atoms with E-state index >= 15 is 0 Å². The van der Waals surface area contributed by atoms with Crippen LogP contribution in [0.25, 0.3) is 21.3 Å². The smallest absolute Gasteiger partial charge is 0.240 e. The minimum atomic E-state index is 0.331. The van der Waals surface area contributed by atoms with Crippen molar-refractivity contribution in [3.05, 3.63) is 84.0 Å². The van der Waals surface area contributed by atoms with Crippen molar-refractivity contribution in [2.75, 3.05) is 23.7 Å². The lowest BCUT2D eigenvalue weighted by Crippen LogP contribution is -2.38. The fourth-order valence-electron chi connectivity index (χ4n) is 4.60. The van der Waals surface area contributed by atoms with Crippen LogP contribution < -0.4 is 20.7 Å². The number of aryl methyl sites for hydroxylation is 1. The molecule has 0 amide bonds. The molecule has 2 aromatic heterocycles. The maximum Gasteiger partial charge on any atom is 0.240 e. The molecule has 8 heteroatoms. The highest BCUT2D eigenvalue weighted by molar-refractivity contribution is 7.15. The first-order chi connectivity index (χ1) is 18.2. The molecule has 3 aromatic carbocycles. The molecule has 3 N–H and O–H groups in total. The Balaban J connectivity index is 1.30. The van der Waals surface area contributed by atoms with Gasteiger partial charge < -0.3 is 20.7 Å². The van der Waals surface area contributed by atoms with Gasteiger partial charge in [0.2, 0.25) is 11.8 Å². The van der Waals surface area contributed by atoms with E-state index in [1.807, 2.05) is 49.4 Å². The predicted molar refractivity (Wildman–Crippen MR) is 151 cm³/mol. The zero-order valence-electron chi connectivity index (χ0n) is 20.6. The Morgan fingerprint density at radius 1 is 0.946 bits per heavy atom. The molecule has 5 aromatic rings. The molecule has 0 spiro atoms. The summed E-state index contributed by atoms with van der Waals surface area (Å²) in [5.74, 6) is 1.94. The van der Waals surface area contributed by atoms with Gasteiger partial charge in [0.05, 0.1) is 10.7 Å². The Morgan fingerprint density at radius 2 is 1.78 bits per heavy atom. The number of para-hydroxylation sites is 1. The van der Waals surface area contributed by atoms with Crippen LogP contribution in [0.4, 0.5) is 17.3 Å². The lowest BCUT2D eigenvalue weighted by molar-refractivity contribution is 0.472. The first-order valence-electron chi connectivity index (χ1n) is 12.5. The van der Waals surface area contributed by atoms with E-state index in [9.17, 15) is 0 Å². The van der Waals surface area contributed by atoms with E-state index in [-0.39, 0.29) is 0 Å². The van der Waals surface area contributed by atoms with Gasteiger partial charge in [-0.1, -0.05) is 42.5 Å². The third-order valence-electron chi connectivity index (χ3n) is 6.36. The average Bonchev–Trinajstić information content (AvgIpc) is 3.31. The Bertz CT molecular complexity index is 1510. The predicted octanol–water partition coefficient (Wildman–Crippen LogP) is 6.76. The lowest BCUT2D eigenvalue weighted by Gasteiger charge is -2.23. The van der Waals surface area contributed by atoms with Gasteiger partial charge in [-0.25, -0.2) is 15.0 Å². The fourth-order valence-corrected chi connectivity index (χ4v) is 5.42. The van der Waals surface area contributed by atoms with E-state index in [1.54, 1.807) is 17.5 Å². The highest BCUT2D eigenvalue weighted by atomic mass is 32.1. The first kappa shape index (κ1) is 23.4. The van der Waals surface area contributed by atoms with Gasteiger partial charge in [-0.3, -0.25) is 0 Å². The molecule has 0 bridgehead atoms. The second kappa shape index (κ2) is 10.5. The van der Waals surface area contributed by atoms with Crippen molar-refractivity contribution >= 4 is 39.4 Å². The van der Waals surface area contributed by atoms with Crippen molar-refractivity contribution in [2.24, 2.45) is 0 Å². The monoisotopic (exact) mass is 508 g/mol. The lowest BCUT2D eigenvalue weighted by atomic mass is 10.1. The van der Waals surface area contributed by atoms with Gasteiger partial charge in [-0.15, -0.1) is 11.3 Å². The molecule has 7 nitrogen and oxygen atoms in total. The molecular weight excluding hydrogens is 480 g/mol. The fraction of sp³-hybridized carbons (Fsp3) is 0.207. The Morgan fingerprint density at radius 3 is 2.62 bits per heavy atom. The molecule has 0 unspecified atom stereocenters. The number of ether oxygens (including phenoxy) is 1. The number of hydrogen-bond donors (Lipinski definition) is 3. The first-order valence-corrected chi connectivity index (χ1v) is 13.3. The second-order valence-electron chi connectivity index (χ2n) is 9.07. The van der Waals surface area contributed by atoms with Gasteiger partial charge in [0.25, 0.3) is 0 Å². The van der Waals surface area contributed by atoms with Crippen molar-refractivity contribution in [3.63, 3.8) is 0 Å². The van der Waals surface area contributed by atoms with Crippen LogP contribution in [0.1, 0.15) is 17.8 Å².